The van der Waals surface area contributed by atoms with Crippen molar-refractivity contribution in [2.45, 2.75) is 25.6 Å². The molecule has 3 aromatic carbocycles. The maximum Gasteiger partial charge on any atom is 0.269 e. The molecule has 1 aliphatic heterocycles. The van der Waals surface area contributed by atoms with Crippen LogP contribution >= 0.6 is 0 Å². The van der Waals surface area contributed by atoms with Crippen LogP contribution in [0.1, 0.15) is 30.5 Å². The van der Waals surface area contributed by atoms with E-state index in [1.165, 1.54) is 0 Å². The van der Waals surface area contributed by atoms with E-state index < -0.39 is 0 Å². The zero-order valence-electron chi connectivity index (χ0n) is 13.8. The van der Waals surface area contributed by atoms with Gasteiger partial charge in [0.15, 0.2) is 6.23 Å². The molecule has 126 valence electrons. The van der Waals surface area contributed by atoms with E-state index in [0.717, 1.165) is 34.1 Å². The molecule has 0 radical (unpaired) electrons. The smallest absolute Gasteiger partial charge is 0.269 e. The summed E-state index contributed by atoms with van der Waals surface area (Å²) in [6, 6.07) is 19.0. The summed E-state index contributed by atoms with van der Waals surface area (Å²) in [5.41, 5.74) is 2.17. The molecule has 0 amide bonds. The van der Waals surface area contributed by atoms with Crippen molar-refractivity contribution in [3.05, 3.63) is 81.9 Å². The van der Waals surface area contributed by atoms with Crippen molar-refractivity contribution in [1.82, 2.24) is 5.32 Å². The average molecular weight is 334 g/mol. The molecule has 0 aromatic heterocycles. The van der Waals surface area contributed by atoms with Crippen molar-refractivity contribution < 1.29 is 9.66 Å². The molecule has 3 aromatic rings. The van der Waals surface area contributed by atoms with Crippen LogP contribution in [-0.4, -0.2) is 11.2 Å². The van der Waals surface area contributed by atoms with Crippen molar-refractivity contribution in [2.24, 2.45) is 0 Å². The first-order chi connectivity index (χ1) is 12.2. The zero-order chi connectivity index (χ0) is 17.4. The summed E-state index contributed by atoms with van der Waals surface area (Å²) in [7, 11) is 0. The Morgan fingerprint density at radius 3 is 2.56 bits per heavy atom. The number of rotatable bonds is 3. The molecule has 1 aliphatic rings. The molecule has 5 nitrogen and oxygen atoms in total. The number of nitrogens with one attached hydrogen (secondary N) is 1. The first kappa shape index (κ1) is 15.6. The summed E-state index contributed by atoms with van der Waals surface area (Å²) in [5.74, 6) is 0.868. The lowest BCUT2D eigenvalue weighted by Gasteiger charge is -2.34. The second-order valence-corrected chi connectivity index (χ2v) is 6.16. The molecule has 0 saturated heterocycles. The van der Waals surface area contributed by atoms with E-state index in [2.05, 4.69) is 30.4 Å². The molecule has 1 heterocycles. The number of fused-ring (bicyclic) bond motifs is 3. The molecule has 0 spiro atoms. The third kappa shape index (κ3) is 2.72. The third-order valence-electron chi connectivity index (χ3n) is 4.65. The molecule has 2 atom stereocenters. The number of hydrogen-bond donors (Lipinski definition) is 1. The van der Waals surface area contributed by atoms with Gasteiger partial charge < -0.3 is 4.74 Å². The van der Waals surface area contributed by atoms with Crippen LogP contribution in [0, 0.1) is 10.1 Å². The van der Waals surface area contributed by atoms with Gasteiger partial charge in [0, 0.05) is 17.7 Å². The van der Waals surface area contributed by atoms with Crippen molar-refractivity contribution in [3.8, 4) is 5.75 Å². The number of ether oxygens (including phenoxy) is 1. The Balaban J connectivity index is 1.87. The standard InChI is InChI=1S/C20H18N2O3/c1-2-18-21-20(14-7-10-15(11-8-14)22(23)24)19-16-6-4-3-5-13(16)9-12-17(19)25-18/h3-12,18,20-21H,2H2,1H3/t18-,20+/m1/s1. The molecule has 0 unspecified atom stereocenters. The van der Waals surface area contributed by atoms with Gasteiger partial charge in [0.05, 0.1) is 11.0 Å². The van der Waals surface area contributed by atoms with Crippen LogP contribution in [0.15, 0.2) is 60.7 Å². The Morgan fingerprint density at radius 2 is 1.84 bits per heavy atom. The van der Waals surface area contributed by atoms with Gasteiger partial charge in [0.1, 0.15) is 5.75 Å². The Kier molecular flexibility index (Phi) is 3.86. The summed E-state index contributed by atoms with van der Waals surface area (Å²) in [4.78, 5) is 10.6. The van der Waals surface area contributed by atoms with Gasteiger partial charge in [-0.2, -0.15) is 0 Å². The van der Waals surface area contributed by atoms with Gasteiger partial charge in [-0.25, -0.2) is 0 Å². The fraction of sp³-hybridized carbons (Fsp3) is 0.200. The van der Waals surface area contributed by atoms with E-state index in [-0.39, 0.29) is 22.9 Å². The van der Waals surface area contributed by atoms with Gasteiger partial charge in [0.2, 0.25) is 0 Å². The largest absolute Gasteiger partial charge is 0.475 e. The summed E-state index contributed by atoms with van der Waals surface area (Å²) in [5, 5.41) is 16.7. The van der Waals surface area contributed by atoms with Gasteiger partial charge >= 0.3 is 0 Å². The number of nitro groups is 1. The van der Waals surface area contributed by atoms with Gasteiger partial charge in [-0.05, 0) is 28.8 Å². The minimum atomic E-state index is -0.376. The predicted octanol–water partition coefficient (Wildman–Crippen LogP) is 4.56. The van der Waals surface area contributed by atoms with E-state index in [4.69, 9.17) is 4.74 Å². The average Bonchev–Trinajstić information content (AvgIpc) is 2.67. The van der Waals surface area contributed by atoms with Crippen LogP contribution in [0.4, 0.5) is 5.69 Å². The molecular weight excluding hydrogens is 316 g/mol. The van der Waals surface area contributed by atoms with Gasteiger partial charge in [-0.1, -0.05) is 49.4 Å². The van der Waals surface area contributed by atoms with Crippen molar-refractivity contribution in [2.75, 3.05) is 0 Å². The minimum absolute atomic E-state index is 0.0689. The summed E-state index contributed by atoms with van der Waals surface area (Å²) in [6.07, 6.45) is 0.740. The molecule has 5 heteroatoms. The summed E-state index contributed by atoms with van der Waals surface area (Å²) >= 11 is 0. The van der Waals surface area contributed by atoms with E-state index in [1.54, 1.807) is 12.1 Å². The number of nitrogens with zero attached hydrogens (tertiary/aromatic N) is 1. The molecule has 0 fully saturated rings. The first-order valence-corrected chi connectivity index (χ1v) is 8.36. The molecule has 25 heavy (non-hydrogen) atoms. The van der Waals surface area contributed by atoms with Crippen LogP contribution in [0.25, 0.3) is 10.8 Å². The van der Waals surface area contributed by atoms with Gasteiger partial charge in [-0.15, -0.1) is 0 Å². The fourth-order valence-electron chi connectivity index (χ4n) is 3.39. The highest BCUT2D eigenvalue weighted by atomic mass is 16.6. The maximum atomic E-state index is 10.9. The zero-order valence-corrected chi connectivity index (χ0v) is 13.8. The molecular formula is C20H18N2O3. The lowest BCUT2D eigenvalue weighted by molar-refractivity contribution is -0.384. The van der Waals surface area contributed by atoms with Gasteiger partial charge in [0.25, 0.3) is 5.69 Å². The van der Waals surface area contributed by atoms with Crippen LogP contribution in [0.5, 0.6) is 5.75 Å². The van der Waals surface area contributed by atoms with Gasteiger partial charge in [-0.3, -0.25) is 15.4 Å². The molecule has 0 saturated carbocycles. The van der Waals surface area contributed by atoms with E-state index in [1.807, 2.05) is 30.3 Å². The highest BCUT2D eigenvalue weighted by Gasteiger charge is 2.29. The maximum absolute atomic E-state index is 10.9. The second kappa shape index (κ2) is 6.18. The van der Waals surface area contributed by atoms with Crippen LogP contribution in [-0.2, 0) is 0 Å². The van der Waals surface area contributed by atoms with E-state index >= 15 is 0 Å². The predicted molar refractivity (Wildman–Crippen MR) is 96.7 cm³/mol. The SMILES string of the molecule is CC[C@@H]1N[C@@H](c2ccc([N+](=O)[O-])cc2)c2c(ccc3ccccc23)O1. The van der Waals surface area contributed by atoms with Crippen LogP contribution in [0.3, 0.4) is 0 Å². The quantitative estimate of drug-likeness (QED) is 0.563. The number of hydrogen-bond acceptors (Lipinski definition) is 4. The van der Waals surface area contributed by atoms with Crippen molar-refractivity contribution in [1.29, 1.82) is 0 Å². The topological polar surface area (TPSA) is 64.4 Å². The Bertz CT molecular complexity index is 937. The Hall–Kier alpha value is -2.92. The monoisotopic (exact) mass is 334 g/mol. The Morgan fingerprint density at radius 1 is 1.08 bits per heavy atom. The molecule has 1 N–H and O–H groups in total. The lowest BCUT2D eigenvalue weighted by Crippen LogP contribution is -2.41. The van der Waals surface area contributed by atoms with Crippen molar-refractivity contribution in [3.63, 3.8) is 0 Å². The highest BCUT2D eigenvalue weighted by molar-refractivity contribution is 5.89. The summed E-state index contributed by atoms with van der Waals surface area (Å²) < 4.78 is 6.08. The molecule has 0 aliphatic carbocycles. The number of nitro benzene ring substituents is 1. The second-order valence-electron chi connectivity index (χ2n) is 6.16. The Labute approximate surface area is 145 Å². The van der Waals surface area contributed by atoms with Crippen molar-refractivity contribution >= 4 is 16.5 Å². The lowest BCUT2D eigenvalue weighted by atomic mass is 9.91. The normalized spacial score (nSPS) is 19.2. The fourth-order valence-corrected chi connectivity index (χ4v) is 3.39. The van der Waals surface area contributed by atoms with Crippen LogP contribution < -0.4 is 10.1 Å². The number of benzene rings is 3. The van der Waals surface area contributed by atoms with Crippen LogP contribution in [0.2, 0.25) is 0 Å². The minimum Gasteiger partial charge on any atom is -0.475 e. The molecule has 4 rings (SSSR count). The molecule has 0 bridgehead atoms. The highest BCUT2D eigenvalue weighted by Crippen LogP contribution is 2.40. The third-order valence-corrected chi connectivity index (χ3v) is 4.65. The number of non-ortho nitro benzene ring substituents is 1. The van der Waals surface area contributed by atoms with E-state index in [9.17, 15) is 10.1 Å². The van der Waals surface area contributed by atoms with E-state index in [0.29, 0.717) is 0 Å². The summed E-state index contributed by atoms with van der Waals surface area (Å²) in [6.45, 7) is 2.07. The first-order valence-electron chi connectivity index (χ1n) is 8.36.